The Morgan fingerprint density at radius 1 is 1.32 bits per heavy atom. The van der Waals surface area contributed by atoms with E-state index in [0.717, 1.165) is 5.92 Å². The Morgan fingerprint density at radius 2 is 2.05 bits per heavy atom. The smallest absolute Gasteiger partial charge is 0.0335 e. The molecule has 0 radical (unpaired) electrons. The molecule has 1 saturated heterocycles. The number of rotatable bonds is 5. The van der Waals surface area contributed by atoms with Gasteiger partial charge in [0.2, 0.25) is 0 Å². The minimum absolute atomic E-state index is 0.498. The molecule has 2 aliphatic rings. The average Bonchev–Trinajstić information content (AvgIpc) is 2.46. The molecule has 112 valence electrons. The second-order valence-corrected chi connectivity index (χ2v) is 7.58. The first-order valence-electron chi connectivity index (χ1n) is 8.19. The predicted octanol–water partition coefficient (Wildman–Crippen LogP) is 3.37. The zero-order valence-corrected chi connectivity index (χ0v) is 13.9. The minimum Gasteiger partial charge on any atom is -0.311 e. The fourth-order valence-corrected chi connectivity index (χ4v) is 4.23. The Balaban J connectivity index is 2.02. The predicted molar refractivity (Wildman–Crippen MR) is 87.0 cm³/mol. The standard InChI is InChI=1S/C16H32N2S/c1-4-14(2)15-12-18(10-11-19-3)16(13-17-15)8-6-5-7-9-16/h14-15,17H,4-13H2,1-3H3. The zero-order chi connectivity index (χ0) is 13.7. The first-order chi connectivity index (χ1) is 9.22. The van der Waals surface area contributed by atoms with Crippen LogP contribution in [0.2, 0.25) is 0 Å². The zero-order valence-electron chi connectivity index (χ0n) is 13.1. The Morgan fingerprint density at radius 3 is 2.68 bits per heavy atom. The molecule has 1 aliphatic heterocycles. The van der Waals surface area contributed by atoms with E-state index < -0.39 is 0 Å². The van der Waals surface area contributed by atoms with Crippen LogP contribution in [0.5, 0.6) is 0 Å². The molecule has 1 spiro atoms. The largest absolute Gasteiger partial charge is 0.311 e. The molecule has 1 N–H and O–H groups in total. The molecule has 0 aromatic rings. The number of hydrogen-bond donors (Lipinski definition) is 1. The van der Waals surface area contributed by atoms with Gasteiger partial charge in [0.25, 0.3) is 0 Å². The van der Waals surface area contributed by atoms with Crippen molar-refractivity contribution >= 4 is 11.8 Å². The second kappa shape index (κ2) is 7.33. The number of nitrogens with one attached hydrogen (secondary N) is 1. The number of piperazine rings is 1. The fraction of sp³-hybridized carbons (Fsp3) is 1.00. The fourth-order valence-electron chi connectivity index (χ4n) is 3.83. The Hall–Kier alpha value is 0.270. The summed E-state index contributed by atoms with van der Waals surface area (Å²) in [4.78, 5) is 2.86. The van der Waals surface area contributed by atoms with Crippen LogP contribution in [0.3, 0.4) is 0 Å². The second-order valence-electron chi connectivity index (χ2n) is 6.60. The van der Waals surface area contributed by atoms with Crippen LogP contribution >= 0.6 is 11.8 Å². The van der Waals surface area contributed by atoms with E-state index in [9.17, 15) is 0 Å². The lowest BCUT2D eigenvalue weighted by Crippen LogP contribution is -2.66. The lowest BCUT2D eigenvalue weighted by atomic mass is 9.77. The van der Waals surface area contributed by atoms with Crippen molar-refractivity contribution < 1.29 is 0 Å². The van der Waals surface area contributed by atoms with Crippen LogP contribution in [-0.4, -0.2) is 48.1 Å². The van der Waals surface area contributed by atoms with Gasteiger partial charge in [-0.1, -0.05) is 39.5 Å². The van der Waals surface area contributed by atoms with E-state index in [0.29, 0.717) is 11.6 Å². The summed E-state index contributed by atoms with van der Waals surface area (Å²) in [7, 11) is 0. The van der Waals surface area contributed by atoms with Crippen molar-refractivity contribution in [2.24, 2.45) is 5.92 Å². The maximum Gasteiger partial charge on any atom is 0.0335 e. The quantitative estimate of drug-likeness (QED) is 0.833. The summed E-state index contributed by atoms with van der Waals surface area (Å²) < 4.78 is 0. The van der Waals surface area contributed by atoms with Crippen LogP contribution in [0.15, 0.2) is 0 Å². The van der Waals surface area contributed by atoms with Gasteiger partial charge >= 0.3 is 0 Å². The summed E-state index contributed by atoms with van der Waals surface area (Å²) in [6, 6.07) is 0.708. The third-order valence-corrected chi connectivity index (χ3v) is 6.05. The highest BCUT2D eigenvalue weighted by Crippen LogP contribution is 2.36. The molecule has 2 rings (SSSR count). The van der Waals surface area contributed by atoms with Crippen molar-refractivity contribution in [3.63, 3.8) is 0 Å². The monoisotopic (exact) mass is 284 g/mol. The van der Waals surface area contributed by atoms with Crippen molar-refractivity contribution in [3.8, 4) is 0 Å². The van der Waals surface area contributed by atoms with Gasteiger partial charge in [0.1, 0.15) is 0 Å². The lowest BCUT2D eigenvalue weighted by molar-refractivity contribution is 0.00539. The lowest BCUT2D eigenvalue weighted by Gasteiger charge is -2.53. The van der Waals surface area contributed by atoms with E-state index in [-0.39, 0.29) is 0 Å². The van der Waals surface area contributed by atoms with Crippen molar-refractivity contribution in [1.82, 2.24) is 10.2 Å². The van der Waals surface area contributed by atoms with Gasteiger partial charge < -0.3 is 5.32 Å². The van der Waals surface area contributed by atoms with Crippen LogP contribution in [0.1, 0.15) is 52.4 Å². The molecule has 2 nitrogen and oxygen atoms in total. The highest BCUT2D eigenvalue weighted by Gasteiger charge is 2.42. The summed E-state index contributed by atoms with van der Waals surface area (Å²) in [5, 5.41) is 3.89. The van der Waals surface area contributed by atoms with Gasteiger partial charge in [0.05, 0.1) is 0 Å². The molecule has 1 aliphatic carbocycles. The summed E-state index contributed by atoms with van der Waals surface area (Å²) >= 11 is 2.00. The summed E-state index contributed by atoms with van der Waals surface area (Å²) in [5.41, 5.74) is 0.498. The molecule has 0 aromatic heterocycles. The SMILES string of the molecule is CCC(C)C1CN(CCSC)C2(CCCCC2)CN1. The Labute approximate surface area is 124 Å². The van der Waals surface area contributed by atoms with Gasteiger partial charge in [0.15, 0.2) is 0 Å². The molecule has 1 heterocycles. The van der Waals surface area contributed by atoms with E-state index >= 15 is 0 Å². The maximum atomic E-state index is 3.89. The minimum atomic E-state index is 0.498. The molecule has 0 aromatic carbocycles. The molecule has 2 fully saturated rings. The summed E-state index contributed by atoms with van der Waals surface area (Å²) in [5.74, 6) is 2.09. The molecule has 2 atom stereocenters. The summed E-state index contributed by atoms with van der Waals surface area (Å²) in [6.45, 7) is 8.52. The van der Waals surface area contributed by atoms with Crippen LogP contribution in [0, 0.1) is 5.92 Å². The van der Waals surface area contributed by atoms with Crippen molar-refractivity contribution in [3.05, 3.63) is 0 Å². The molecule has 0 bridgehead atoms. The van der Waals surface area contributed by atoms with Crippen LogP contribution in [0.4, 0.5) is 0 Å². The normalized spacial score (nSPS) is 29.5. The molecule has 0 amide bonds. The van der Waals surface area contributed by atoms with Gasteiger partial charge in [-0.3, -0.25) is 4.90 Å². The number of thioether (sulfide) groups is 1. The molecule has 19 heavy (non-hydrogen) atoms. The average molecular weight is 285 g/mol. The van der Waals surface area contributed by atoms with Crippen LogP contribution in [0.25, 0.3) is 0 Å². The molecular weight excluding hydrogens is 252 g/mol. The first kappa shape index (κ1) is 15.7. The molecule has 1 saturated carbocycles. The van der Waals surface area contributed by atoms with E-state index in [1.54, 1.807) is 0 Å². The Bertz CT molecular complexity index is 263. The van der Waals surface area contributed by atoms with Crippen LogP contribution in [-0.2, 0) is 0 Å². The van der Waals surface area contributed by atoms with Gasteiger partial charge in [-0.15, -0.1) is 0 Å². The van der Waals surface area contributed by atoms with Gasteiger partial charge in [-0.05, 0) is 25.0 Å². The molecule has 3 heteroatoms. The van der Waals surface area contributed by atoms with Crippen molar-refractivity contribution in [2.45, 2.75) is 64.0 Å². The van der Waals surface area contributed by atoms with Crippen molar-refractivity contribution in [1.29, 1.82) is 0 Å². The topological polar surface area (TPSA) is 15.3 Å². The van der Waals surface area contributed by atoms with Gasteiger partial charge in [-0.2, -0.15) is 11.8 Å². The third kappa shape index (κ3) is 3.68. The summed E-state index contributed by atoms with van der Waals surface area (Å²) in [6.07, 6.45) is 10.7. The van der Waals surface area contributed by atoms with E-state index in [1.165, 1.54) is 63.9 Å². The van der Waals surface area contributed by atoms with E-state index in [4.69, 9.17) is 0 Å². The van der Waals surface area contributed by atoms with Crippen molar-refractivity contribution in [2.75, 3.05) is 31.6 Å². The van der Waals surface area contributed by atoms with E-state index in [2.05, 4.69) is 30.3 Å². The van der Waals surface area contributed by atoms with E-state index in [1.807, 2.05) is 11.8 Å². The molecule has 2 unspecified atom stereocenters. The van der Waals surface area contributed by atoms with Crippen LogP contribution < -0.4 is 5.32 Å². The van der Waals surface area contributed by atoms with Gasteiger partial charge in [0, 0.05) is 37.0 Å². The number of nitrogens with zero attached hydrogens (tertiary/aromatic N) is 1. The highest BCUT2D eigenvalue weighted by molar-refractivity contribution is 7.98. The first-order valence-corrected chi connectivity index (χ1v) is 9.58. The number of hydrogen-bond acceptors (Lipinski definition) is 3. The highest BCUT2D eigenvalue weighted by atomic mass is 32.2. The third-order valence-electron chi connectivity index (χ3n) is 5.46. The Kier molecular flexibility index (Phi) is 6.04. The van der Waals surface area contributed by atoms with Gasteiger partial charge in [-0.25, -0.2) is 0 Å². The maximum absolute atomic E-state index is 3.89. The molecular formula is C16H32N2S.